The molecule has 0 saturated heterocycles. The predicted molar refractivity (Wildman–Crippen MR) is 82.2 cm³/mol. The zero-order chi connectivity index (χ0) is 3.41. The molecule has 0 aliphatic heterocycles. The average molecular weight is 570 g/mol. The first kappa shape index (κ1) is 30.7. The van der Waals surface area contributed by atoms with Gasteiger partial charge in [-0.05, 0) is 0 Å². The van der Waals surface area contributed by atoms with Gasteiger partial charge in [-0.25, -0.2) is 0 Å². The number of unbranched alkanes of at least 4 members (excludes halogenated alkanes) is 1. The maximum absolute atomic E-state index is 2.18. The van der Waals surface area contributed by atoms with Crippen LogP contribution in [0.25, 0.3) is 0 Å². The summed E-state index contributed by atoms with van der Waals surface area (Å²) in [6.45, 7) is 4.36. The van der Waals surface area contributed by atoms with Gasteiger partial charge < -0.3 is 0 Å². The van der Waals surface area contributed by atoms with E-state index in [-0.39, 0.29) is 95.9 Å². The standard InChI is InChI=1S/C4H10.4HI/c1-3-4-2;;;;/h3-4H2,1-2H3;4*1H. The molecule has 0 N–H and O–H groups in total. The van der Waals surface area contributed by atoms with E-state index in [2.05, 4.69) is 13.8 Å². The van der Waals surface area contributed by atoms with Gasteiger partial charge in [0.1, 0.15) is 0 Å². The van der Waals surface area contributed by atoms with E-state index >= 15 is 0 Å². The molecule has 0 amide bonds. The fourth-order valence-corrected chi connectivity index (χ4v) is 0. The van der Waals surface area contributed by atoms with Crippen molar-refractivity contribution in [1.29, 1.82) is 0 Å². The molecule has 0 aromatic heterocycles. The van der Waals surface area contributed by atoms with Gasteiger partial charge in [-0.1, -0.05) is 26.7 Å². The summed E-state index contributed by atoms with van der Waals surface area (Å²) in [5.41, 5.74) is 0. The molecule has 0 aliphatic carbocycles. The molecule has 4 heteroatoms. The van der Waals surface area contributed by atoms with Gasteiger partial charge in [0.25, 0.3) is 0 Å². The monoisotopic (exact) mass is 570 g/mol. The quantitative estimate of drug-likeness (QED) is 0.414. The molecule has 0 bridgehead atoms. The van der Waals surface area contributed by atoms with Gasteiger partial charge in [0.15, 0.2) is 0 Å². The van der Waals surface area contributed by atoms with Crippen molar-refractivity contribution in [2.45, 2.75) is 26.7 Å². The van der Waals surface area contributed by atoms with Crippen LogP contribution in [-0.2, 0) is 0 Å². The van der Waals surface area contributed by atoms with Crippen LogP contribution in [0.3, 0.4) is 0 Å². The highest BCUT2D eigenvalue weighted by atomic mass is 127. The van der Waals surface area contributed by atoms with Gasteiger partial charge in [-0.2, -0.15) is 0 Å². The molecule has 0 unspecified atom stereocenters. The highest BCUT2D eigenvalue weighted by Crippen LogP contribution is 1.76. The minimum Gasteiger partial charge on any atom is -0.107 e. The van der Waals surface area contributed by atoms with Crippen molar-refractivity contribution in [3.63, 3.8) is 0 Å². The van der Waals surface area contributed by atoms with Gasteiger partial charge in [-0.15, -0.1) is 95.9 Å². The smallest absolute Gasteiger partial charge is 0.0564 e. The minimum atomic E-state index is 0. The molecular formula is C4H14I4. The van der Waals surface area contributed by atoms with Gasteiger partial charge >= 0.3 is 0 Å². The fourth-order valence-electron chi connectivity index (χ4n) is 0. The fraction of sp³-hybridized carbons (Fsp3) is 1.00. The summed E-state index contributed by atoms with van der Waals surface area (Å²) in [5, 5.41) is 0. The molecule has 0 rings (SSSR count). The van der Waals surface area contributed by atoms with Crippen LogP contribution in [0, 0.1) is 0 Å². The van der Waals surface area contributed by atoms with Crippen LogP contribution >= 0.6 is 95.9 Å². The lowest BCUT2D eigenvalue weighted by molar-refractivity contribution is 0.886. The zero-order valence-corrected chi connectivity index (χ0v) is 14.4. The van der Waals surface area contributed by atoms with Crippen molar-refractivity contribution < 1.29 is 0 Å². The average Bonchev–Trinajstić information content (AvgIpc) is 1.37. The van der Waals surface area contributed by atoms with E-state index in [1.165, 1.54) is 12.8 Å². The molecular weight excluding hydrogens is 556 g/mol. The number of rotatable bonds is 1. The number of halogens is 4. The first-order valence-corrected chi connectivity index (χ1v) is 1.91. The Labute approximate surface area is 120 Å². The largest absolute Gasteiger partial charge is 0.107 e. The Bertz CT molecular complexity index is 10.0. The highest BCUT2D eigenvalue weighted by molar-refractivity contribution is 14.0. The molecule has 0 aliphatic rings. The van der Waals surface area contributed by atoms with E-state index in [1.54, 1.807) is 0 Å². The van der Waals surface area contributed by atoms with Crippen molar-refractivity contribution in [3.05, 3.63) is 0 Å². The maximum Gasteiger partial charge on any atom is -0.0564 e. The molecule has 0 spiro atoms. The molecule has 0 heterocycles. The molecule has 0 aromatic carbocycles. The third-order valence-corrected chi connectivity index (χ3v) is 0.500. The molecule has 0 aromatic rings. The van der Waals surface area contributed by atoms with Crippen LogP contribution in [-0.4, -0.2) is 0 Å². The van der Waals surface area contributed by atoms with Gasteiger partial charge in [-0.3, -0.25) is 0 Å². The van der Waals surface area contributed by atoms with Crippen molar-refractivity contribution >= 4 is 95.9 Å². The lowest BCUT2D eigenvalue weighted by atomic mass is 10.4. The van der Waals surface area contributed by atoms with E-state index in [0.29, 0.717) is 0 Å². The van der Waals surface area contributed by atoms with E-state index in [4.69, 9.17) is 0 Å². The number of hydrogen-bond donors (Lipinski definition) is 0. The lowest BCUT2D eigenvalue weighted by Crippen LogP contribution is -1.47. The second kappa shape index (κ2) is 32.6. The summed E-state index contributed by atoms with van der Waals surface area (Å²) in [6, 6.07) is 0. The highest BCUT2D eigenvalue weighted by Gasteiger charge is 1.56. The Morgan fingerprint density at radius 3 is 0.750 bits per heavy atom. The molecule has 0 saturated carbocycles. The van der Waals surface area contributed by atoms with Crippen LogP contribution in [0.15, 0.2) is 0 Å². The van der Waals surface area contributed by atoms with Crippen molar-refractivity contribution in [3.8, 4) is 0 Å². The molecule has 0 atom stereocenters. The van der Waals surface area contributed by atoms with Crippen molar-refractivity contribution in [1.82, 2.24) is 0 Å². The Kier molecular flexibility index (Phi) is 125. The Hall–Kier alpha value is 2.92. The SMILES string of the molecule is CCCC.I.I.I.I. The lowest BCUT2D eigenvalue weighted by Gasteiger charge is -1.68. The van der Waals surface area contributed by atoms with E-state index in [0.717, 1.165) is 0 Å². The molecule has 8 heavy (non-hydrogen) atoms. The Morgan fingerprint density at radius 2 is 0.750 bits per heavy atom. The summed E-state index contributed by atoms with van der Waals surface area (Å²) in [6.07, 6.45) is 2.64. The second-order valence-corrected chi connectivity index (χ2v) is 1.000. The summed E-state index contributed by atoms with van der Waals surface area (Å²) >= 11 is 0. The minimum absolute atomic E-state index is 0. The van der Waals surface area contributed by atoms with Crippen molar-refractivity contribution in [2.24, 2.45) is 0 Å². The number of hydrogen-bond acceptors (Lipinski definition) is 0. The zero-order valence-electron chi connectivity index (χ0n) is 5.05. The summed E-state index contributed by atoms with van der Waals surface area (Å²) in [7, 11) is 0. The Balaban J connectivity index is -0.00000000750. The van der Waals surface area contributed by atoms with Crippen LogP contribution in [0.4, 0.5) is 0 Å². The molecule has 58 valence electrons. The van der Waals surface area contributed by atoms with E-state index in [1.807, 2.05) is 0 Å². The molecule has 0 radical (unpaired) electrons. The third-order valence-electron chi connectivity index (χ3n) is 0.500. The van der Waals surface area contributed by atoms with Crippen LogP contribution in [0.2, 0.25) is 0 Å². The summed E-state index contributed by atoms with van der Waals surface area (Å²) in [4.78, 5) is 0. The summed E-state index contributed by atoms with van der Waals surface area (Å²) < 4.78 is 0. The maximum atomic E-state index is 2.18. The topological polar surface area (TPSA) is 0 Å². The predicted octanol–water partition coefficient (Wildman–Crippen LogP) is 4.28. The van der Waals surface area contributed by atoms with Crippen molar-refractivity contribution in [2.75, 3.05) is 0 Å². The molecule has 0 fully saturated rings. The van der Waals surface area contributed by atoms with Gasteiger partial charge in [0.05, 0.1) is 0 Å². The van der Waals surface area contributed by atoms with E-state index in [9.17, 15) is 0 Å². The van der Waals surface area contributed by atoms with E-state index < -0.39 is 0 Å². The normalized spacial score (nSPS) is 3.75. The Morgan fingerprint density at radius 1 is 0.625 bits per heavy atom. The summed E-state index contributed by atoms with van der Waals surface area (Å²) in [5.74, 6) is 0. The van der Waals surface area contributed by atoms with Gasteiger partial charge in [0.2, 0.25) is 0 Å². The first-order chi connectivity index (χ1) is 1.91. The van der Waals surface area contributed by atoms with Crippen LogP contribution < -0.4 is 0 Å². The third kappa shape index (κ3) is 36.4. The molecule has 0 nitrogen and oxygen atoms in total. The van der Waals surface area contributed by atoms with Crippen LogP contribution in [0.1, 0.15) is 26.7 Å². The van der Waals surface area contributed by atoms with Crippen LogP contribution in [0.5, 0.6) is 0 Å². The first-order valence-electron chi connectivity index (χ1n) is 1.91. The van der Waals surface area contributed by atoms with Gasteiger partial charge in [0, 0.05) is 0 Å². The second-order valence-electron chi connectivity index (χ2n) is 1.000.